The van der Waals surface area contributed by atoms with Crippen molar-refractivity contribution in [1.82, 2.24) is 24.2 Å². The van der Waals surface area contributed by atoms with Crippen molar-refractivity contribution >= 4 is 22.5 Å². The molecule has 0 unspecified atom stereocenters. The number of hydrogen-bond donors (Lipinski definition) is 1. The summed E-state index contributed by atoms with van der Waals surface area (Å²) in [4.78, 5) is 14.2. The van der Waals surface area contributed by atoms with Crippen LogP contribution < -0.4 is 5.32 Å². The highest BCUT2D eigenvalue weighted by atomic mass is 16.2. The van der Waals surface area contributed by atoms with Gasteiger partial charge in [-0.1, -0.05) is 0 Å². The number of hydrogen-bond acceptors (Lipinski definition) is 4. The molecule has 0 fully saturated rings. The number of nitrogens with zero attached hydrogens (tertiary/aromatic N) is 5. The van der Waals surface area contributed by atoms with Crippen LogP contribution in [-0.2, 0) is 24.9 Å². The van der Waals surface area contributed by atoms with Gasteiger partial charge in [-0.15, -0.1) is 10.2 Å². The zero-order chi connectivity index (χ0) is 18.0. The van der Waals surface area contributed by atoms with Gasteiger partial charge in [-0.05, 0) is 45.2 Å². The van der Waals surface area contributed by atoms with Crippen molar-refractivity contribution in [1.29, 1.82) is 0 Å². The first-order valence-electron chi connectivity index (χ1n) is 8.40. The molecule has 132 valence electrons. The number of carbonyl (C=O) groups is 1. The lowest BCUT2D eigenvalue weighted by molar-refractivity contribution is -0.117. The second-order valence-corrected chi connectivity index (χ2v) is 6.32. The van der Waals surface area contributed by atoms with Crippen molar-refractivity contribution in [2.75, 3.05) is 18.9 Å². The molecule has 0 spiro atoms. The number of benzene rings is 1. The van der Waals surface area contributed by atoms with Crippen molar-refractivity contribution in [3.05, 3.63) is 42.1 Å². The summed E-state index contributed by atoms with van der Waals surface area (Å²) >= 11 is 0. The molecule has 1 aromatic carbocycles. The van der Waals surface area contributed by atoms with Gasteiger partial charge in [0.1, 0.15) is 11.6 Å². The Labute approximate surface area is 147 Å². The average Bonchev–Trinajstić information content (AvgIpc) is 3.12. The van der Waals surface area contributed by atoms with E-state index in [0.29, 0.717) is 13.1 Å². The quantitative estimate of drug-likeness (QED) is 0.747. The van der Waals surface area contributed by atoms with Crippen LogP contribution in [-0.4, -0.2) is 43.7 Å². The van der Waals surface area contributed by atoms with Gasteiger partial charge in [-0.3, -0.25) is 9.69 Å². The summed E-state index contributed by atoms with van der Waals surface area (Å²) in [6.07, 6.45) is 2.06. The molecule has 0 aliphatic carbocycles. The molecule has 1 amide bonds. The van der Waals surface area contributed by atoms with E-state index in [1.54, 1.807) is 0 Å². The van der Waals surface area contributed by atoms with Gasteiger partial charge in [0, 0.05) is 36.4 Å². The standard InChI is InChI=1S/C18H24N6O/c1-5-24-9-8-14-10-15(6-7-16(14)24)19-18(25)12-22(3)11-17-21-20-13(2)23(17)4/h6-10H,5,11-12H2,1-4H3,(H,19,25). The minimum absolute atomic E-state index is 0.0457. The number of aryl methyl sites for hydroxylation is 2. The van der Waals surface area contributed by atoms with Crippen molar-refractivity contribution in [2.45, 2.75) is 26.9 Å². The van der Waals surface area contributed by atoms with Crippen LogP contribution in [0.15, 0.2) is 30.5 Å². The number of aromatic nitrogens is 4. The fourth-order valence-electron chi connectivity index (χ4n) is 2.89. The number of amides is 1. The third-order valence-corrected chi connectivity index (χ3v) is 4.40. The SMILES string of the molecule is CCn1ccc2cc(NC(=O)CN(C)Cc3nnc(C)n3C)ccc21. The Kier molecular flexibility index (Phi) is 4.85. The van der Waals surface area contributed by atoms with Crippen LogP contribution in [0.25, 0.3) is 10.9 Å². The molecule has 3 aromatic rings. The molecule has 0 saturated carbocycles. The van der Waals surface area contributed by atoms with Gasteiger partial charge < -0.3 is 14.5 Å². The highest BCUT2D eigenvalue weighted by molar-refractivity contribution is 5.95. The maximum Gasteiger partial charge on any atom is 0.238 e. The summed E-state index contributed by atoms with van der Waals surface area (Å²) in [6, 6.07) is 8.06. The van der Waals surface area contributed by atoms with Gasteiger partial charge in [-0.25, -0.2) is 0 Å². The predicted octanol–water partition coefficient (Wildman–Crippen LogP) is 2.17. The summed E-state index contributed by atoms with van der Waals surface area (Å²) in [5.74, 6) is 1.66. The zero-order valence-corrected chi connectivity index (χ0v) is 15.2. The van der Waals surface area contributed by atoms with Crippen molar-refractivity contribution in [3.63, 3.8) is 0 Å². The Hall–Kier alpha value is -2.67. The average molecular weight is 340 g/mol. The van der Waals surface area contributed by atoms with E-state index < -0.39 is 0 Å². The minimum atomic E-state index is -0.0457. The van der Waals surface area contributed by atoms with Crippen molar-refractivity contribution in [3.8, 4) is 0 Å². The van der Waals surface area contributed by atoms with E-state index in [4.69, 9.17) is 0 Å². The molecule has 7 heteroatoms. The van der Waals surface area contributed by atoms with Gasteiger partial charge in [-0.2, -0.15) is 0 Å². The van der Waals surface area contributed by atoms with Crippen molar-refractivity contribution < 1.29 is 4.79 Å². The molecule has 0 bridgehead atoms. The van der Waals surface area contributed by atoms with E-state index in [1.165, 1.54) is 5.52 Å². The summed E-state index contributed by atoms with van der Waals surface area (Å²) in [7, 11) is 3.82. The van der Waals surface area contributed by atoms with Crippen LogP contribution >= 0.6 is 0 Å². The van der Waals surface area contributed by atoms with E-state index in [9.17, 15) is 4.79 Å². The van der Waals surface area contributed by atoms with E-state index >= 15 is 0 Å². The highest BCUT2D eigenvalue weighted by Gasteiger charge is 2.12. The molecular formula is C18H24N6O. The van der Waals surface area contributed by atoms with Crippen LogP contribution in [0.1, 0.15) is 18.6 Å². The molecular weight excluding hydrogens is 316 g/mol. The maximum absolute atomic E-state index is 12.3. The number of anilines is 1. The normalized spacial score (nSPS) is 11.4. The second kappa shape index (κ2) is 7.06. The van der Waals surface area contributed by atoms with Crippen LogP contribution in [0, 0.1) is 6.92 Å². The first-order chi connectivity index (χ1) is 12.0. The predicted molar refractivity (Wildman–Crippen MR) is 98.3 cm³/mol. The lowest BCUT2D eigenvalue weighted by atomic mass is 10.2. The van der Waals surface area contributed by atoms with Crippen LogP contribution in [0.2, 0.25) is 0 Å². The topological polar surface area (TPSA) is 68.0 Å². The monoisotopic (exact) mass is 340 g/mol. The first-order valence-corrected chi connectivity index (χ1v) is 8.40. The summed E-state index contributed by atoms with van der Waals surface area (Å²) in [6.45, 7) is 5.82. The Morgan fingerprint density at radius 2 is 2.08 bits per heavy atom. The number of carbonyl (C=O) groups excluding carboxylic acids is 1. The summed E-state index contributed by atoms with van der Waals surface area (Å²) in [5.41, 5.74) is 1.99. The van der Waals surface area contributed by atoms with Crippen LogP contribution in [0.5, 0.6) is 0 Å². The molecule has 0 atom stereocenters. The molecule has 1 N–H and O–H groups in total. The second-order valence-electron chi connectivity index (χ2n) is 6.32. The van der Waals surface area contributed by atoms with Gasteiger partial charge in [0.15, 0.2) is 0 Å². The molecule has 25 heavy (non-hydrogen) atoms. The molecule has 0 radical (unpaired) electrons. The number of nitrogens with one attached hydrogen (secondary N) is 1. The molecule has 0 aliphatic rings. The molecule has 2 aromatic heterocycles. The van der Waals surface area contributed by atoms with E-state index in [0.717, 1.165) is 29.3 Å². The third-order valence-electron chi connectivity index (χ3n) is 4.40. The zero-order valence-electron chi connectivity index (χ0n) is 15.2. The van der Waals surface area contributed by atoms with Gasteiger partial charge >= 0.3 is 0 Å². The van der Waals surface area contributed by atoms with E-state index in [1.807, 2.05) is 48.7 Å². The largest absolute Gasteiger partial charge is 0.348 e. The van der Waals surface area contributed by atoms with Gasteiger partial charge in [0.05, 0.1) is 13.1 Å². The Morgan fingerprint density at radius 3 is 2.76 bits per heavy atom. The smallest absolute Gasteiger partial charge is 0.238 e. The molecule has 2 heterocycles. The fraction of sp³-hybridized carbons (Fsp3) is 0.389. The van der Waals surface area contributed by atoms with Crippen molar-refractivity contribution in [2.24, 2.45) is 7.05 Å². The fourth-order valence-corrected chi connectivity index (χ4v) is 2.89. The first kappa shape index (κ1) is 17.2. The van der Waals surface area contributed by atoms with Gasteiger partial charge in [0.2, 0.25) is 5.91 Å². The number of likely N-dealkylation sites (N-methyl/N-ethyl adjacent to an activating group) is 1. The number of fused-ring (bicyclic) bond motifs is 1. The van der Waals surface area contributed by atoms with Gasteiger partial charge in [0.25, 0.3) is 0 Å². The highest BCUT2D eigenvalue weighted by Crippen LogP contribution is 2.20. The van der Waals surface area contributed by atoms with E-state index in [2.05, 4.69) is 39.3 Å². The molecule has 7 nitrogen and oxygen atoms in total. The summed E-state index contributed by atoms with van der Waals surface area (Å²) < 4.78 is 4.11. The Balaban J connectivity index is 1.61. The molecule has 3 rings (SSSR count). The third kappa shape index (κ3) is 3.71. The maximum atomic E-state index is 12.3. The summed E-state index contributed by atoms with van der Waals surface area (Å²) in [5, 5.41) is 12.3. The number of rotatable bonds is 6. The Bertz CT molecular complexity index is 894. The lowest BCUT2D eigenvalue weighted by Crippen LogP contribution is -2.30. The van der Waals surface area contributed by atoms with E-state index in [-0.39, 0.29) is 5.91 Å². The molecule has 0 saturated heterocycles. The lowest BCUT2D eigenvalue weighted by Gasteiger charge is -2.16. The van der Waals surface area contributed by atoms with Crippen LogP contribution in [0.3, 0.4) is 0 Å². The van der Waals surface area contributed by atoms with Crippen LogP contribution in [0.4, 0.5) is 5.69 Å². The Morgan fingerprint density at radius 1 is 1.28 bits per heavy atom. The molecule has 0 aliphatic heterocycles. The minimum Gasteiger partial charge on any atom is -0.348 e.